The highest BCUT2D eigenvalue weighted by atomic mass is 79.9. The second-order valence-electron chi connectivity index (χ2n) is 5.94. The topological polar surface area (TPSA) is 66.0 Å². The summed E-state index contributed by atoms with van der Waals surface area (Å²) in [5.41, 5.74) is 2.35. The summed E-state index contributed by atoms with van der Waals surface area (Å²) in [6.45, 7) is 1.94. The Morgan fingerprint density at radius 2 is 1.79 bits per heavy atom. The van der Waals surface area contributed by atoms with Crippen LogP contribution in [0.25, 0.3) is 17.4 Å². The highest BCUT2D eigenvalue weighted by molar-refractivity contribution is 9.11. The zero-order valence-corrected chi connectivity index (χ0v) is 18.5. The third-order valence-corrected chi connectivity index (χ3v) is 5.33. The summed E-state index contributed by atoms with van der Waals surface area (Å²) >= 11 is 12.7. The lowest BCUT2D eigenvalue weighted by atomic mass is 10.2. The number of carbonyl (C=O) groups is 1. The summed E-state index contributed by atoms with van der Waals surface area (Å²) in [6, 6.07) is 16.3. The molecule has 0 aliphatic rings. The first kappa shape index (κ1) is 20.4. The maximum Gasteiger partial charge on any atom is 0.266 e. The number of halogens is 3. The predicted octanol–water partition coefficient (Wildman–Crippen LogP) is 6.98. The molecule has 2 aromatic carbocycles. The van der Waals surface area contributed by atoms with Crippen LogP contribution in [0.2, 0.25) is 5.02 Å². The summed E-state index contributed by atoms with van der Waals surface area (Å²) in [6.07, 6.45) is 1.41. The van der Waals surface area contributed by atoms with Gasteiger partial charge in [-0.1, -0.05) is 11.6 Å². The van der Waals surface area contributed by atoms with Crippen molar-refractivity contribution < 1.29 is 9.21 Å². The highest BCUT2D eigenvalue weighted by Gasteiger charge is 2.15. The summed E-state index contributed by atoms with van der Waals surface area (Å²) in [4.78, 5) is 12.6. The summed E-state index contributed by atoms with van der Waals surface area (Å²) < 4.78 is 7.17. The molecule has 0 fully saturated rings. The molecule has 1 aromatic heterocycles. The molecule has 1 amide bonds. The molecule has 4 nitrogen and oxygen atoms in total. The number of nitrogens with one attached hydrogen (secondary N) is 1. The normalized spacial score (nSPS) is 11.2. The number of benzene rings is 2. The number of furan rings is 1. The van der Waals surface area contributed by atoms with E-state index in [1.807, 2.05) is 37.3 Å². The Bertz CT molecular complexity index is 1090. The van der Waals surface area contributed by atoms with Gasteiger partial charge in [0.15, 0.2) is 0 Å². The van der Waals surface area contributed by atoms with E-state index in [2.05, 4.69) is 37.2 Å². The SMILES string of the molecule is Cc1cc(Br)c(NC(=O)/C(C#N)=C/c2ccc(-c3ccc(Cl)cc3)o2)c(Br)c1. The maximum atomic E-state index is 12.6. The highest BCUT2D eigenvalue weighted by Crippen LogP contribution is 2.33. The number of amides is 1. The molecule has 0 saturated carbocycles. The van der Waals surface area contributed by atoms with Crippen molar-refractivity contribution in [2.24, 2.45) is 0 Å². The zero-order valence-electron chi connectivity index (χ0n) is 14.6. The molecule has 0 aliphatic heterocycles. The van der Waals surface area contributed by atoms with Gasteiger partial charge in [-0.3, -0.25) is 4.79 Å². The van der Waals surface area contributed by atoms with E-state index < -0.39 is 5.91 Å². The van der Waals surface area contributed by atoms with Crippen LogP contribution in [0.4, 0.5) is 5.69 Å². The van der Waals surface area contributed by atoms with Crippen LogP contribution in [0.5, 0.6) is 0 Å². The Kier molecular flexibility index (Phi) is 6.40. The average molecular weight is 521 g/mol. The van der Waals surface area contributed by atoms with Gasteiger partial charge in [-0.25, -0.2) is 0 Å². The van der Waals surface area contributed by atoms with Crippen molar-refractivity contribution >= 4 is 61.1 Å². The van der Waals surface area contributed by atoms with E-state index in [0.717, 1.165) is 11.1 Å². The van der Waals surface area contributed by atoms with Crippen LogP contribution in [-0.4, -0.2) is 5.91 Å². The van der Waals surface area contributed by atoms with Crippen LogP contribution >= 0.6 is 43.5 Å². The van der Waals surface area contributed by atoms with Crippen molar-refractivity contribution in [1.82, 2.24) is 0 Å². The van der Waals surface area contributed by atoms with Gasteiger partial charge in [-0.05, 0) is 92.9 Å². The molecule has 0 spiro atoms. The molecule has 3 rings (SSSR count). The summed E-state index contributed by atoms with van der Waals surface area (Å²) in [7, 11) is 0. The first-order valence-electron chi connectivity index (χ1n) is 8.12. The largest absolute Gasteiger partial charge is 0.457 e. The Morgan fingerprint density at radius 1 is 1.14 bits per heavy atom. The van der Waals surface area contributed by atoms with Gasteiger partial charge in [-0.2, -0.15) is 5.26 Å². The van der Waals surface area contributed by atoms with E-state index in [1.165, 1.54) is 6.08 Å². The van der Waals surface area contributed by atoms with Gasteiger partial charge in [-0.15, -0.1) is 0 Å². The molecule has 28 heavy (non-hydrogen) atoms. The van der Waals surface area contributed by atoms with Crippen molar-refractivity contribution in [3.63, 3.8) is 0 Å². The molecule has 0 radical (unpaired) electrons. The van der Waals surface area contributed by atoms with Gasteiger partial charge >= 0.3 is 0 Å². The number of rotatable bonds is 4. The second-order valence-corrected chi connectivity index (χ2v) is 8.08. The summed E-state index contributed by atoms with van der Waals surface area (Å²) in [5, 5.41) is 12.8. The third-order valence-electron chi connectivity index (χ3n) is 3.83. The Morgan fingerprint density at radius 3 is 2.39 bits per heavy atom. The third kappa shape index (κ3) is 4.74. The van der Waals surface area contributed by atoms with E-state index in [1.54, 1.807) is 24.3 Å². The molecular formula is C21H13Br2ClN2O2. The average Bonchev–Trinajstić information content (AvgIpc) is 3.11. The minimum Gasteiger partial charge on any atom is -0.457 e. The molecule has 1 N–H and O–H groups in total. The number of aryl methyl sites for hydroxylation is 1. The van der Waals surface area contributed by atoms with E-state index >= 15 is 0 Å². The molecule has 0 unspecified atom stereocenters. The van der Waals surface area contributed by atoms with Crippen molar-refractivity contribution in [2.45, 2.75) is 6.92 Å². The van der Waals surface area contributed by atoms with Crippen LogP contribution in [0.15, 0.2) is 67.5 Å². The second kappa shape index (κ2) is 8.78. The van der Waals surface area contributed by atoms with Crippen LogP contribution in [0.3, 0.4) is 0 Å². The van der Waals surface area contributed by atoms with E-state index in [-0.39, 0.29) is 5.57 Å². The van der Waals surface area contributed by atoms with Gasteiger partial charge in [0, 0.05) is 25.6 Å². The molecule has 3 aromatic rings. The van der Waals surface area contributed by atoms with Crippen molar-refractivity contribution in [3.05, 3.63) is 79.4 Å². The Hall–Kier alpha value is -2.33. The van der Waals surface area contributed by atoms with Gasteiger partial charge in [0.2, 0.25) is 0 Å². The fourth-order valence-electron chi connectivity index (χ4n) is 2.49. The van der Waals surface area contributed by atoms with E-state index in [0.29, 0.717) is 31.2 Å². The van der Waals surface area contributed by atoms with Crippen LogP contribution < -0.4 is 5.32 Å². The van der Waals surface area contributed by atoms with Crippen molar-refractivity contribution in [1.29, 1.82) is 5.26 Å². The smallest absolute Gasteiger partial charge is 0.266 e. The predicted molar refractivity (Wildman–Crippen MR) is 118 cm³/mol. The lowest BCUT2D eigenvalue weighted by molar-refractivity contribution is -0.112. The minimum absolute atomic E-state index is 0.0728. The standard InChI is InChI=1S/C21H13Br2ClN2O2/c1-12-8-17(22)20(18(23)9-12)26-21(27)14(11-25)10-16-6-7-19(28-16)13-2-4-15(24)5-3-13/h2-10H,1H3,(H,26,27)/b14-10+. The molecule has 0 bridgehead atoms. The number of hydrogen-bond donors (Lipinski definition) is 1. The minimum atomic E-state index is -0.530. The number of nitriles is 1. The van der Waals surface area contributed by atoms with Crippen LogP contribution in [0.1, 0.15) is 11.3 Å². The fourth-order valence-corrected chi connectivity index (χ4v) is 4.23. The lowest BCUT2D eigenvalue weighted by Gasteiger charge is -2.10. The first-order chi connectivity index (χ1) is 13.4. The molecule has 7 heteroatoms. The van der Waals surface area contributed by atoms with Crippen molar-refractivity contribution in [2.75, 3.05) is 5.32 Å². The van der Waals surface area contributed by atoms with Gasteiger partial charge in [0.1, 0.15) is 23.2 Å². The molecular weight excluding hydrogens is 508 g/mol. The number of nitrogens with zero attached hydrogens (tertiary/aromatic N) is 1. The summed E-state index contributed by atoms with van der Waals surface area (Å²) in [5.74, 6) is 0.487. The molecule has 0 atom stereocenters. The monoisotopic (exact) mass is 518 g/mol. The maximum absolute atomic E-state index is 12.6. The van der Waals surface area contributed by atoms with E-state index in [4.69, 9.17) is 16.0 Å². The number of hydrogen-bond acceptors (Lipinski definition) is 3. The van der Waals surface area contributed by atoms with Gasteiger partial charge < -0.3 is 9.73 Å². The lowest BCUT2D eigenvalue weighted by Crippen LogP contribution is -2.14. The molecule has 140 valence electrons. The molecule has 1 heterocycles. The van der Waals surface area contributed by atoms with Crippen LogP contribution in [0, 0.1) is 18.3 Å². The Labute approximate surface area is 184 Å². The number of anilines is 1. The zero-order chi connectivity index (χ0) is 20.3. The van der Waals surface area contributed by atoms with E-state index in [9.17, 15) is 10.1 Å². The van der Waals surface area contributed by atoms with Crippen molar-refractivity contribution in [3.8, 4) is 17.4 Å². The first-order valence-corrected chi connectivity index (χ1v) is 10.1. The quantitative estimate of drug-likeness (QED) is 0.298. The number of carbonyl (C=O) groups excluding carboxylic acids is 1. The fraction of sp³-hybridized carbons (Fsp3) is 0.0476. The van der Waals surface area contributed by atoms with Gasteiger partial charge in [0.25, 0.3) is 5.91 Å². The van der Waals surface area contributed by atoms with Gasteiger partial charge in [0.05, 0.1) is 5.69 Å². The molecule has 0 aliphatic carbocycles. The Balaban J connectivity index is 1.84. The van der Waals surface area contributed by atoms with Crippen LogP contribution in [-0.2, 0) is 4.79 Å². The molecule has 0 saturated heterocycles.